The molecule has 0 unspecified atom stereocenters. The fraction of sp³-hybridized carbons (Fsp3) is 0.500. The lowest BCUT2D eigenvalue weighted by Gasteiger charge is -2.31. The highest BCUT2D eigenvalue weighted by atomic mass is 16.5. The van der Waals surface area contributed by atoms with Crippen LogP contribution < -0.4 is 4.74 Å². The maximum absolute atomic E-state index is 10.7. The second-order valence-corrected chi connectivity index (χ2v) is 7.85. The Bertz CT molecular complexity index is 746. The minimum atomic E-state index is -0.539. The van der Waals surface area contributed by atoms with E-state index in [9.17, 15) is 5.11 Å². The lowest BCUT2D eigenvalue weighted by atomic mass is 10.1. The van der Waals surface area contributed by atoms with Crippen LogP contribution in [-0.2, 0) is 11.3 Å². The third-order valence-electron chi connectivity index (χ3n) is 5.49. The zero-order chi connectivity index (χ0) is 20.5. The molecular formula is C24H34N2O3. The molecule has 1 N–H and O–H groups in total. The summed E-state index contributed by atoms with van der Waals surface area (Å²) < 4.78 is 11.3. The molecule has 0 bridgehead atoms. The van der Waals surface area contributed by atoms with Gasteiger partial charge in [-0.05, 0) is 36.6 Å². The summed E-state index contributed by atoms with van der Waals surface area (Å²) >= 11 is 0. The van der Waals surface area contributed by atoms with E-state index in [0.717, 1.165) is 57.3 Å². The first-order valence-corrected chi connectivity index (χ1v) is 10.6. The molecular weight excluding hydrogens is 364 g/mol. The molecule has 1 aliphatic heterocycles. The fourth-order valence-electron chi connectivity index (χ4n) is 3.63. The van der Waals surface area contributed by atoms with Crippen molar-refractivity contribution in [3.05, 3.63) is 65.2 Å². The summed E-state index contributed by atoms with van der Waals surface area (Å²) in [4.78, 5) is 4.77. The SMILES string of the molecule is Cc1ccccc1CN(CCN1CCOCC1)C[C@@H](O)COc1ccccc1C. The number of morpholine rings is 1. The lowest BCUT2D eigenvalue weighted by Crippen LogP contribution is -2.43. The Kier molecular flexibility index (Phi) is 8.50. The number of aliphatic hydroxyl groups excluding tert-OH is 1. The van der Waals surface area contributed by atoms with Gasteiger partial charge in [0.15, 0.2) is 0 Å². The zero-order valence-corrected chi connectivity index (χ0v) is 17.7. The minimum Gasteiger partial charge on any atom is -0.491 e. The summed E-state index contributed by atoms with van der Waals surface area (Å²) in [6.07, 6.45) is -0.539. The van der Waals surface area contributed by atoms with Gasteiger partial charge in [-0.3, -0.25) is 9.80 Å². The predicted octanol–water partition coefficient (Wildman–Crippen LogP) is 2.88. The number of benzene rings is 2. The van der Waals surface area contributed by atoms with Crippen LogP contribution in [0.3, 0.4) is 0 Å². The van der Waals surface area contributed by atoms with Gasteiger partial charge in [0.25, 0.3) is 0 Å². The van der Waals surface area contributed by atoms with E-state index in [0.29, 0.717) is 13.2 Å². The molecule has 2 aromatic carbocycles. The van der Waals surface area contributed by atoms with Crippen LogP contribution in [-0.4, -0.2) is 73.6 Å². The molecule has 0 radical (unpaired) electrons. The van der Waals surface area contributed by atoms with E-state index in [2.05, 4.69) is 41.0 Å². The monoisotopic (exact) mass is 398 g/mol. The van der Waals surface area contributed by atoms with Crippen LogP contribution in [0.2, 0.25) is 0 Å². The molecule has 0 amide bonds. The van der Waals surface area contributed by atoms with Crippen molar-refractivity contribution in [3.8, 4) is 5.75 Å². The van der Waals surface area contributed by atoms with Gasteiger partial charge in [0.05, 0.1) is 13.2 Å². The van der Waals surface area contributed by atoms with Gasteiger partial charge in [-0.15, -0.1) is 0 Å². The normalized spacial score (nSPS) is 16.1. The Morgan fingerprint density at radius 2 is 1.72 bits per heavy atom. The summed E-state index contributed by atoms with van der Waals surface area (Å²) in [5.41, 5.74) is 3.68. The molecule has 158 valence electrons. The average Bonchev–Trinajstić information content (AvgIpc) is 2.74. The summed E-state index contributed by atoms with van der Waals surface area (Å²) in [5.74, 6) is 0.838. The molecule has 5 nitrogen and oxygen atoms in total. The highest BCUT2D eigenvalue weighted by Gasteiger charge is 2.17. The summed E-state index contributed by atoms with van der Waals surface area (Å²) in [7, 11) is 0. The van der Waals surface area contributed by atoms with Crippen LogP contribution in [0.5, 0.6) is 5.75 Å². The van der Waals surface area contributed by atoms with Crippen molar-refractivity contribution in [2.45, 2.75) is 26.5 Å². The molecule has 1 fully saturated rings. The van der Waals surface area contributed by atoms with Gasteiger partial charge in [0.1, 0.15) is 18.5 Å². The zero-order valence-electron chi connectivity index (χ0n) is 17.7. The van der Waals surface area contributed by atoms with Crippen molar-refractivity contribution in [1.29, 1.82) is 0 Å². The molecule has 0 aromatic heterocycles. The Hall–Kier alpha value is -1.92. The second-order valence-electron chi connectivity index (χ2n) is 7.85. The van der Waals surface area contributed by atoms with Crippen molar-refractivity contribution >= 4 is 0 Å². The molecule has 5 heteroatoms. The van der Waals surface area contributed by atoms with Crippen molar-refractivity contribution in [2.24, 2.45) is 0 Å². The molecule has 0 saturated carbocycles. The first kappa shape index (κ1) is 21.8. The Morgan fingerprint density at radius 3 is 2.45 bits per heavy atom. The fourth-order valence-corrected chi connectivity index (χ4v) is 3.63. The van der Waals surface area contributed by atoms with Crippen molar-refractivity contribution in [2.75, 3.05) is 52.5 Å². The Balaban J connectivity index is 1.57. The van der Waals surface area contributed by atoms with Gasteiger partial charge in [0.2, 0.25) is 0 Å². The predicted molar refractivity (Wildman–Crippen MR) is 116 cm³/mol. The van der Waals surface area contributed by atoms with Gasteiger partial charge >= 0.3 is 0 Å². The molecule has 1 aliphatic rings. The summed E-state index contributed by atoms with van der Waals surface area (Å²) in [5, 5.41) is 10.7. The number of hydrogen-bond donors (Lipinski definition) is 1. The molecule has 0 aliphatic carbocycles. The van der Waals surface area contributed by atoms with Crippen LogP contribution in [0.25, 0.3) is 0 Å². The van der Waals surface area contributed by atoms with Crippen LogP contribution >= 0.6 is 0 Å². The van der Waals surface area contributed by atoms with Crippen LogP contribution in [0.15, 0.2) is 48.5 Å². The topological polar surface area (TPSA) is 45.2 Å². The van der Waals surface area contributed by atoms with Gasteiger partial charge < -0.3 is 14.6 Å². The smallest absolute Gasteiger partial charge is 0.122 e. The summed E-state index contributed by atoms with van der Waals surface area (Å²) in [6, 6.07) is 16.4. The molecule has 3 rings (SSSR count). The standard InChI is InChI=1S/C24H34N2O3/c1-20-7-3-5-9-22(20)17-26(12-11-25-13-15-28-16-14-25)18-23(27)19-29-24-10-6-4-8-21(24)2/h3-10,23,27H,11-19H2,1-2H3/t23-/m1/s1. The Morgan fingerprint density at radius 1 is 1.03 bits per heavy atom. The van der Waals surface area contributed by atoms with E-state index in [4.69, 9.17) is 9.47 Å². The van der Waals surface area contributed by atoms with E-state index in [1.165, 1.54) is 11.1 Å². The first-order chi connectivity index (χ1) is 14.1. The van der Waals surface area contributed by atoms with Crippen LogP contribution in [0.4, 0.5) is 0 Å². The molecule has 2 aromatic rings. The Labute approximate surface area is 174 Å². The number of rotatable bonds is 10. The van der Waals surface area contributed by atoms with E-state index in [1.54, 1.807) is 0 Å². The van der Waals surface area contributed by atoms with Crippen molar-refractivity contribution < 1.29 is 14.6 Å². The highest BCUT2D eigenvalue weighted by Crippen LogP contribution is 2.17. The quantitative estimate of drug-likeness (QED) is 0.667. The largest absolute Gasteiger partial charge is 0.491 e. The van der Waals surface area contributed by atoms with E-state index in [1.807, 2.05) is 31.2 Å². The number of nitrogens with zero attached hydrogens (tertiary/aromatic N) is 2. The first-order valence-electron chi connectivity index (χ1n) is 10.6. The average molecular weight is 399 g/mol. The third kappa shape index (κ3) is 7.12. The molecule has 29 heavy (non-hydrogen) atoms. The van der Waals surface area contributed by atoms with E-state index in [-0.39, 0.29) is 0 Å². The van der Waals surface area contributed by atoms with E-state index < -0.39 is 6.10 Å². The van der Waals surface area contributed by atoms with Gasteiger partial charge in [-0.25, -0.2) is 0 Å². The minimum absolute atomic E-state index is 0.298. The maximum Gasteiger partial charge on any atom is 0.122 e. The lowest BCUT2D eigenvalue weighted by molar-refractivity contribution is 0.0255. The van der Waals surface area contributed by atoms with Gasteiger partial charge in [-0.1, -0.05) is 42.5 Å². The number of ether oxygens (including phenoxy) is 2. The van der Waals surface area contributed by atoms with Gasteiger partial charge in [0, 0.05) is 39.3 Å². The van der Waals surface area contributed by atoms with Crippen LogP contribution in [0.1, 0.15) is 16.7 Å². The highest BCUT2D eigenvalue weighted by molar-refractivity contribution is 5.31. The number of aryl methyl sites for hydroxylation is 2. The van der Waals surface area contributed by atoms with Gasteiger partial charge in [-0.2, -0.15) is 0 Å². The van der Waals surface area contributed by atoms with Crippen molar-refractivity contribution in [3.63, 3.8) is 0 Å². The molecule has 0 spiro atoms. The summed E-state index contributed by atoms with van der Waals surface area (Å²) in [6.45, 7) is 11.4. The van der Waals surface area contributed by atoms with Crippen molar-refractivity contribution in [1.82, 2.24) is 9.80 Å². The second kappa shape index (κ2) is 11.3. The molecule has 1 saturated heterocycles. The van der Waals surface area contributed by atoms with Crippen LogP contribution in [0, 0.1) is 13.8 Å². The third-order valence-corrected chi connectivity index (χ3v) is 5.49. The number of hydrogen-bond acceptors (Lipinski definition) is 5. The van der Waals surface area contributed by atoms with E-state index >= 15 is 0 Å². The number of para-hydroxylation sites is 1. The molecule has 1 atom stereocenters. The number of aliphatic hydroxyl groups is 1. The molecule has 1 heterocycles. The maximum atomic E-state index is 10.7.